The van der Waals surface area contributed by atoms with E-state index in [0.29, 0.717) is 12.5 Å². The summed E-state index contributed by atoms with van der Waals surface area (Å²) in [4.78, 5) is 0.0401. The number of halogens is 1. The molecule has 6 heteroatoms. The van der Waals surface area contributed by atoms with E-state index in [9.17, 15) is 12.8 Å². The van der Waals surface area contributed by atoms with Crippen molar-refractivity contribution in [1.29, 1.82) is 0 Å². The first kappa shape index (κ1) is 19.2. The second kappa shape index (κ2) is 7.83. The lowest BCUT2D eigenvalue weighted by atomic mass is 9.98. The highest BCUT2D eigenvalue weighted by molar-refractivity contribution is 7.89. The lowest BCUT2D eigenvalue weighted by Gasteiger charge is -2.26. The molecule has 1 aromatic rings. The summed E-state index contributed by atoms with van der Waals surface area (Å²) >= 11 is 0. The minimum atomic E-state index is -3.71. The van der Waals surface area contributed by atoms with Gasteiger partial charge < -0.3 is 4.74 Å². The fraction of sp³-hybridized carbons (Fsp3) is 0.667. The zero-order valence-corrected chi connectivity index (χ0v) is 15.6. The fourth-order valence-electron chi connectivity index (χ4n) is 2.54. The Morgan fingerprint density at radius 1 is 1.29 bits per heavy atom. The number of ether oxygens (including phenoxy) is 1. The van der Waals surface area contributed by atoms with Gasteiger partial charge in [-0.15, -0.1) is 0 Å². The van der Waals surface area contributed by atoms with E-state index in [0.717, 1.165) is 44.6 Å². The van der Waals surface area contributed by atoms with Crippen molar-refractivity contribution in [1.82, 2.24) is 4.72 Å². The van der Waals surface area contributed by atoms with Crippen LogP contribution < -0.4 is 9.46 Å². The SMILES string of the molecule is CCCCCC(C)(C)NS(=O)(=O)c1ccc(F)c(OCC2CC2)c1. The fourth-order valence-corrected chi connectivity index (χ4v) is 4.00. The van der Waals surface area contributed by atoms with Crippen molar-refractivity contribution >= 4 is 10.0 Å². The number of benzene rings is 1. The molecule has 1 saturated carbocycles. The van der Waals surface area contributed by atoms with Gasteiger partial charge in [0.15, 0.2) is 11.6 Å². The van der Waals surface area contributed by atoms with E-state index in [2.05, 4.69) is 11.6 Å². The molecule has 0 unspecified atom stereocenters. The van der Waals surface area contributed by atoms with E-state index in [-0.39, 0.29) is 10.6 Å². The normalized spacial score (nSPS) is 15.5. The van der Waals surface area contributed by atoms with Crippen LogP contribution in [0, 0.1) is 11.7 Å². The van der Waals surface area contributed by atoms with Crippen LogP contribution in [0.3, 0.4) is 0 Å². The second-order valence-corrected chi connectivity index (χ2v) is 8.98. The number of rotatable bonds is 10. The van der Waals surface area contributed by atoms with Crippen LogP contribution in [0.5, 0.6) is 5.75 Å². The summed E-state index contributed by atoms with van der Waals surface area (Å²) in [6, 6.07) is 3.72. The molecule has 0 atom stereocenters. The molecule has 0 radical (unpaired) electrons. The Hall–Kier alpha value is -1.14. The third-order valence-corrected chi connectivity index (χ3v) is 5.90. The minimum Gasteiger partial charge on any atom is -0.490 e. The van der Waals surface area contributed by atoms with Gasteiger partial charge in [0.1, 0.15) is 0 Å². The monoisotopic (exact) mass is 357 g/mol. The molecule has 2 rings (SSSR count). The molecule has 136 valence electrons. The quantitative estimate of drug-likeness (QED) is 0.637. The third kappa shape index (κ3) is 5.74. The Balaban J connectivity index is 2.08. The van der Waals surface area contributed by atoms with E-state index < -0.39 is 21.4 Å². The average Bonchev–Trinajstić information content (AvgIpc) is 3.29. The summed E-state index contributed by atoms with van der Waals surface area (Å²) in [5, 5.41) is 0. The standard InChI is InChI=1S/C18H28FNO3S/c1-4-5-6-11-18(2,3)20-24(21,22)15-9-10-16(19)17(12-15)23-13-14-7-8-14/h9-10,12,14,20H,4-8,11,13H2,1-3H3. The molecule has 1 aromatic carbocycles. The maximum absolute atomic E-state index is 13.8. The number of hydrogen-bond acceptors (Lipinski definition) is 3. The third-order valence-electron chi connectivity index (χ3n) is 4.20. The Labute approximate surface area is 144 Å². The van der Waals surface area contributed by atoms with Crippen molar-refractivity contribution in [2.24, 2.45) is 5.92 Å². The van der Waals surface area contributed by atoms with Crippen molar-refractivity contribution in [2.75, 3.05) is 6.61 Å². The predicted molar refractivity (Wildman–Crippen MR) is 93.2 cm³/mol. The van der Waals surface area contributed by atoms with Crippen LogP contribution in [0.2, 0.25) is 0 Å². The number of unbranched alkanes of at least 4 members (excludes halogenated alkanes) is 2. The molecule has 0 aromatic heterocycles. The molecule has 0 saturated heterocycles. The summed E-state index contributed by atoms with van der Waals surface area (Å²) in [6.45, 7) is 6.29. The summed E-state index contributed by atoms with van der Waals surface area (Å²) in [7, 11) is -3.71. The first-order chi connectivity index (χ1) is 11.2. The first-order valence-corrected chi connectivity index (χ1v) is 10.2. The Morgan fingerprint density at radius 2 is 2.00 bits per heavy atom. The molecule has 0 bridgehead atoms. The zero-order chi connectivity index (χ0) is 17.8. The van der Waals surface area contributed by atoms with Gasteiger partial charge in [-0.3, -0.25) is 0 Å². The summed E-state index contributed by atoms with van der Waals surface area (Å²) in [5.74, 6) is -0.0503. The molecule has 1 aliphatic rings. The van der Waals surface area contributed by atoms with Crippen LogP contribution >= 0.6 is 0 Å². The smallest absolute Gasteiger partial charge is 0.241 e. The van der Waals surface area contributed by atoms with Gasteiger partial charge in [0.2, 0.25) is 10.0 Å². The molecule has 4 nitrogen and oxygen atoms in total. The first-order valence-electron chi connectivity index (χ1n) is 8.70. The molecular weight excluding hydrogens is 329 g/mol. The van der Waals surface area contributed by atoms with Gasteiger partial charge in [-0.1, -0.05) is 26.2 Å². The van der Waals surface area contributed by atoms with Crippen molar-refractivity contribution in [3.05, 3.63) is 24.0 Å². The highest BCUT2D eigenvalue weighted by atomic mass is 32.2. The number of nitrogens with one attached hydrogen (secondary N) is 1. The van der Waals surface area contributed by atoms with Crippen molar-refractivity contribution < 1.29 is 17.5 Å². The Kier molecular flexibility index (Phi) is 6.26. The van der Waals surface area contributed by atoms with Gasteiger partial charge in [0.25, 0.3) is 0 Å². The average molecular weight is 357 g/mol. The van der Waals surface area contributed by atoms with E-state index in [1.165, 1.54) is 12.1 Å². The van der Waals surface area contributed by atoms with Crippen LogP contribution in [-0.2, 0) is 10.0 Å². The highest BCUT2D eigenvalue weighted by Crippen LogP contribution is 2.31. The van der Waals surface area contributed by atoms with Crippen LogP contribution in [0.15, 0.2) is 23.1 Å². The maximum atomic E-state index is 13.8. The van der Waals surface area contributed by atoms with Crippen molar-refractivity contribution in [2.45, 2.75) is 69.7 Å². The van der Waals surface area contributed by atoms with Crippen LogP contribution in [0.1, 0.15) is 59.3 Å². The molecule has 0 heterocycles. The molecule has 1 aliphatic carbocycles. The van der Waals surface area contributed by atoms with Crippen LogP contribution in [0.25, 0.3) is 0 Å². The van der Waals surface area contributed by atoms with Gasteiger partial charge in [-0.25, -0.2) is 17.5 Å². The molecule has 1 fully saturated rings. The molecule has 0 amide bonds. The molecule has 0 aliphatic heterocycles. The van der Waals surface area contributed by atoms with Crippen LogP contribution in [-0.4, -0.2) is 20.6 Å². The van der Waals surface area contributed by atoms with E-state index in [4.69, 9.17) is 4.74 Å². The Morgan fingerprint density at radius 3 is 2.62 bits per heavy atom. The van der Waals surface area contributed by atoms with E-state index >= 15 is 0 Å². The van der Waals surface area contributed by atoms with Gasteiger partial charge in [0.05, 0.1) is 11.5 Å². The maximum Gasteiger partial charge on any atom is 0.241 e. The van der Waals surface area contributed by atoms with Gasteiger partial charge in [-0.2, -0.15) is 0 Å². The summed E-state index contributed by atoms with van der Waals surface area (Å²) < 4.78 is 47.2. The lowest BCUT2D eigenvalue weighted by molar-refractivity contribution is 0.284. The zero-order valence-electron chi connectivity index (χ0n) is 14.8. The largest absolute Gasteiger partial charge is 0.490 e. The topological polar surface area (TPSA) is 55.4 Å². The minimum absolute atomic E-state index is 0.00793. The number of hydrogen-bond donors (Lipinski definition) is 1. The second-order valence-electron chi connectivity index (χ2n) is 7.29. The highest BCUT2D eigenvalue weighted by Gasteiger charge is 2.27. The van der Waals surface area contributed by atoms with Gasteiger partial charge in [-0.05, 0) is 51.2 Å². The van der Waals surface area contributed by atoms with Crippen molar-refractivity contribution in [3.63, 3.8) is 0 Å². The summed E-state index contributed by atoms with van der Waals surface area (Å²) in [6.07, 6.45) is 6.06. The molecule has 24 heavy (non-hydrogen) atoms. The Bertz CT molecular complexity index is 654. The molecule has 1 N–H and O–H groups in total. The lowest BCUT2D eigenvalue weighted by Crippen LogP contribution is -2.43. The predicted octanol–water partition coefficient (Wildman–Crippen LogP) is 4.25. The van der Waals surface area contributed by atoms with E-state index in [1.807, 2.05) is 13.8 Å². The van der Waals surface area contributed by atoms with E-state index in [1.54, 1.807) is 0 Å². The molecule has 0 spiro atoms. The number of sulfonamides is 1. The van der Waals surface area contributed by atoms with Crippen LogP contribution in [0.4, 0.5) is 4.39 Å². The summed E-state index contributed by atoms with van der Waals surface area (Å²) in [5.41, 5.74) is -0.544. The van der Waals surface area contributed by atoms with Crippen molar-refractivity contribution in [3.8, 4) is 5.75 Å². The molecular formula is C18H28FNO3S. The van der Waals surface area contributed by atoms with Gasteiger partial charge in [0, 0.05) is 11.6 Å². The van der Waals surface area contributed by atoms with Gasteiger partial charge >= 0.3 is 0 Å².